The number of aliphatic hydroxyl groups excluding tert-OH is 1. The summed E-state index contributed by atoms with van der Waals surface area (Å²) in [6.45, 7) is 8.82. The van der Waals surface area contributed by atoms with E-state index in [1.807, 2.05) is 13.8 Å². The predicted octanol–water partition coefficient (Wildman–Crippen LogP) is 3.28. The van der Waals surface area contributed by atoms with E-state index in [0.29, 0.717) is 43.3 Å². The molecule has 0 radical (unpaired) electrons. The van der Waals surface area contributed by atoms with E-state index >= 15 is 0 Å². The van der Waals surface area contributed by atoms with Crippen LogP contribution in [0.3, 0.4) is 0 Å². The molecule has 0 spiro atoms. The molecular weight excluding hydrogens is 429 g/mol. The zero-order valence-corrected chi connectivity index (χ0v) is 18.5. The fourth-order valence-electron chi connectivity index (χ4n) is 3.25. The van der Waals surface area contributed by atoms with Gasteiger partial charge in [0.05, 0.1) is 31.1 Å². The van der Waals surface area contributed by atoms with Crippen LogP contribution >= 0.6 is 0 Å². The monoisotopic (exact) mass is 458 g/mol. The SMILES string of the molecule is CC(C)c1nn(C(C)(C)CO)c(OCC2CCOC2)c1Nc1ncc(C(F)(F)F)c(N)n1. The van der Waals surface area contributed by atoms with E-state index in [1.54, 1.807) is 18.5 Å². The van der Waals surface area contributed by atoms with Gasteiger partial charge in [-0.15, -0.1) is 0 Å². The normalized spacial score (nSPS) is 17.2. The molecule has 2 aromatic rings. The molecule has 3 heterocycles. The van der Waals surface area contributed by atoms with Gasteiger partial charge in [0.1, 0.15) is 17.1 Å². The Bertz CT molecular complexity index is 939. The molecule has 1 fully saturated rings. The van der Waals surface area contributed by atoms with Gasteiger partial charge in [0.2, 0.25) is 11.8 Å². The van der Waals surface area contributed by atoms with Crippen molar-refractivity contribution >= 4 is 17.5 Å². The highest BCUT2D eigenvalue weighted by Gasteiger charge is 2.35. The summed E-state index contributed by atoms with van der Waals surface area (Å²) in [6.07, 6.45) is -3.16. The number of anilines is 3. The van der Waals surface area contributed by atoms with Crippen molar-refractivity contribution in [2.75, 3.05) is 37.5 Å². The maximum atomic E-state index is 13.0. The second-order valence-electron chi connectivity index (χ2n) is 8.76. The van der Waals surface area contributed by atoms with Crippen LogP contribution < -0.4 is 15.8 Å². The summed E-state index contributed by atoms with van der Waals surface area (Å²) >= 11 is 0. The van der Waals surface area contributed by atoms with Crippen LogP contribution in [0.4, 0.5) is 30.6 Å². The van der Waals surface area contributed by atoms with E-state index in [0.717, 1.165) is 6.42 Å². The Morgan fingerprint density at radius 2 is 2.09 bits per heavy atom. The van der Waals surface area contributed by atoms with Crippen molar-refractivity contribution in [2.24, 2.45) is 5.92 Å². The van der Waals surface area contributed by atoms with Crippen molar-refractivity contribution in [3.8, 4) is 5.88 Å². The largest absolute Gasteiger partial charge is 0.476 e. The Kier molecular flexibility index (Phi) is 6.84. The van der Waals surface area contributed by atoms with Crippen LogP contribution in [0, 0.1) is 5.92 Å². The molecule has 32 heavy (non-hydrogen) atoms. The molecule has 9 nitrogen and oxygen atoms in total. The minimum absolute atomic E-state index is 0.0720. The average molecular weight is 458 g/mol. The maximum Gasteiger partial charge on any atom is 0.421 e. The Labute approximate surface area is 184 Å². The van der Waals surface area contributed by atoms with Crippen LogP contribution in [0.1, 0.15) is 51.3 Å². The van der Waals surface area contributed by atoms with Gasteiger partial charge in [-0.1, -0.05) is 13.8 Å². The van der Waals surface area contributed by atoms with Gasteiger partial charge in [-0.2, -0.15) is 23.3 Å². The number of halogens is 3. The molecule has 1 unspecified atom stereocenters. The molecule has 2 aromatic heterocycles. The lowest BCUT2D eigenvalue weighted by Crippen LogP contribution is -2.32. The van der Waals surface area contributed by atoms with Crippen molar-refractivity contribution in [1.82, 2.24) is 19.7 Å². The van der Waals surface area contributed by atoms with Gasteiger partial charge in [-0.05, 0) is 26.2 Å². The first-order valence-corrected chi connectivity index (χ1v) is 10.4. The van der Waals surface area contributed by atoms with Gasteiger partial charge >= 0.3 is 6.18 Å². The van der Waals surface area contributed by atoms with Crippen LogP contribution in [0.15, 0.2) is 6.20 Å². The van der Waals surface area contributed by atoms with E-state index in [-0.39, 0.29) is 24.4 Å². The van der Waals surface area contributed by atoms with Crippen molar-refractivity contribution in [2.45, 2.75) is 51.7 Å². The summed E-state index contributed by atoms with van der Waals surface area (Å²) in [7, 11) is 0. The van der Waals surface area contributed by atoms with E-state index in [2.05, 4.69) is 20.4 Å². The summed E-state index contributed by atoms with van der Waals surface area (Å²) < 4.78 is 52.2. The number of rotatable bonds is 8. The molecule has 0 aromatic carbocycles. The molecule has 3 rings (SSSR count). The van der Waals surface area contributed by atoms with Crippen LogP contribution in [0.2, 0.25) is 0 Å². The first-order valence-electron chi connectivity index (χ1n) is 10.4. The lowest BCUT2D eigenvalue weighted by Gasteiger charge is -2.25. The Hall–Kier alpha value is -2.60. The number of hydrogen-bond acceptors (Lipinski definition) is 8. The molecule has 178 valence electrons. The molecule has 0 amide bonds. The first kappa shape index (κ1) is 24.1. The molecule has 1 saturated heterocycles. The van der Waals surface area contributed by atoms with Gasteiger partial charge < -0.3 is 25.6 Å². The van der Waals surface area contributed by atoms with Gasteiger partial charge in [0.25, 0.3) is 0 Å². The second kappa shape index (κ2) is 9.10. The van der Waals surface area contributed by atoms with Crippen molar-refractivity contribution < 1.29 is 27.8 Å². The standard InChI is InChI=1S/C20H29F3N6O3/c1-11(2)14-15(26-18-25-7-13(16(24)27-18)20(21,22)23)17(29(28-14)19(3,4)10-30)32-9-12-5-6-31-8-12/h7,11-12,30H,5-6,8-10H2,1-4H3,(H3,24,25,26,27). The molecule has 0 aliphatic carbocycles. The number of nitrogens with zero attached hydrogens (tertiary/aromatic N) is 4. The molecule has 1 atom stereocenters. The fourth-order valence-corrected chi connectivity index (χ4v) is 3.25. The number of hydrogen-bond donors (Lipinski definition) is 3. The molecule has 0 bridgehead atoms. The fraction of sp³-hybridized carbons (Fsp3) is 0.650. The summed E-state index contributed by atoms with van der Waals surface area (Å²) in [5.41, 5.74) is 4.62. The number of nitrogens with one attached hydrogen (secondary N) is 1. The third kappa shape index (κ3) is 5.07. The van der Waals surface area contributed by atoms with Gasteiger partial charge in [-0.25, -0.2) is 9.67 Å². The smallest absolute Gasteiger partial charge is 0.421 e. The molecule has 1 aliphatic rings. The molecule has 12 heteroatoms. The highest BCUT2D eigenvalue weighted by atomic mass is 19.4. The third-order valence-corrected chi connectivity index (χ3v) is 5.22. The van der Waals surface area contributed by atoms with E-state index in [4.69, 9.17) is 15.2 Å². The van der Waals surface area contributed by atoms with E-state index in [9.17, 15) is 18.3 Å². The van der Waals surface area contributed by atoms with E-state index in [1.165, 1.54) is 0 Å². The quantitative estimate of drug-likeness (QED) is 0.551. The minimum atomic E-state index is -4.65. The zero-order chi connectivity index (χ0) is 23.7. The summed E-state index contributed by atoms with van der Waals surface area (Å²) in [6, 6.07) is 0. The number of aliphatic hydroxyl groups is 1. The molecule has 4 N–H and O–H groups in total. The van der Waals surface area contributed by atoms with Crippen molar-refractivity contribution in [1.29, 1.82) is 0 Å². The number of nitrogen functional groups attached to an aromatic ring is 1. The summed E-state index contributed by atoms with van der Waals surface area (Å²) in [5.74, 6) is -0.342. The topological polar surface area (TPSA) is 120 Å². The zero-order valence-electron chi connectivity index (χ0n) is 18.5. The van der Waals surface area contributed by atoms with Crippen LogP contribution in [0.25, 0.3) is 0 Å². The van der Waals surface area contributed by atoms with Crippen LogP contribution in [0.5, 0.6) is 5.88 Å². The first-order chi connectivity index (χ1) is 14.9. The molecular formula is C20H29F3N6O3. The molecule has 1 aliphatic heterocycles. The van der Waals surface area contributed by atoms with Crippen molar-refractivity contribution in [3.63, 3.8) is 0 Å². The summed E-state index contributed by atoms with van der Waals surface area (Å²) in [5, 5.41) is 17.5. The van der Waals surface area contributed by atoms with Crippen molar-refractivity contribution in [3.05, 3.63) is 17.5 Å². The lowest BCUT2D eigenvalue weighted by molar-refractivity contribution is -0.137. The Morgan fingerprint density at radius 3 is 2.62 bits per heavy atom. The number of nitrogens with two attached hydrogens (primary N) is 1. The number of alkyl halides is 3. The van der Waals surface area contributed by atoms with Crippen LogP contribution in [-0.2, 0) is 16.5 Å². The predicted molar refractivity (Wildman–Crippen MR) is 112 cm³/mol. The highest BCUT2D eigenvalue weighted by Crippen LogP contribution is 2.39. The van der Waals surface area contributed by atoms with Crippen LogP contribution in [-0.4, -0.2) is 51.3 Å². The maximum absolute atomic E-state index is 13.0. The highest BCUT2D eigenvalue weighted by molar-refractivity contribution is 5.65. The van der Waals surface area contributed by atoms with Gasteiger partial charge in [-0.3, -0.25) is 0 Å². The Morgan fingerprint density at radius 1 is 1.38 bits per heavy atom. The number of aromatic nitrogens is 4. The number of ether oxygens (including phenoxy) is 2. The van der Waals surface area contributed by atoms with Gasteiger partial charge in [0, 0.05) is 18.7 Å². The second-order valence-corrected chi connectivity index (χ2v) is 8.76. The average Bonchev–Trinajstić information content (AvgIpc) is 3.33. The lowest BCUT2D eigenvalue weighted by atomic mass is 10.1. The molecule has 0 saturated carbocycles. The van der Waals surface area contributed by atoms with Gasteiger partial charge in [0.15, 0.2) is 0 Å². The third-order valence-electron chi connectivity index (χ3n) is 5.22. The van der Waals surface area contributed by atoms with E-state index < -0.39 is 23.1 Å². The minimum Gasteiger partial charge on any atom is -0.476 e. The summed E-state index contributed by atoms with van der Waals surface area (Å²) in [4.78, 5) is 7.57. The Balaban J connectivity index is 2.03.